The second-order valence-electron chi connectivity index (χ2n) is 5.04. The summed E-state index contributed by atoms with van der Waals surface area (Å²) in [7, 11) is 0. The highest BCUT2D eigenvalue weighted by Crippen LogP contribution is 2.37. The van der Waals surface area contributed by atoms with Crippen LogP contribution in [0.15, 0.2) is 23.8 Å². The first-order valence-corrected chi connectivity index (χ1v) is 6.41. The summed E-state index contributed by atoms with van der Waals surface area (Å²) in [5.74, 6) is 0.762. The molecule has 0 aromatic rings. The fraction of sp³-hybridized carbons (Fsp3) is 0.733. The number of rotatable bonds is 2. The SMILES string of the molecule is CC.CCC(C1=CC=CCC1)C(C)(C)C. The second kappa shape index (κ2) is 6.87. The van der Waals surface area contributed by atoms with Gasteiger partial charge >= 0.3 is 0 Å². The molecule has 1 rings (SSSR count). The summed E-state index contributed by atoms with van der Waals surface area (Å²) in [6, 6.07) is 0. The lowest BCUT2D eigenvalue weighted by atomic mass is 9.73. The smallest absolute Gasteiger partial charge is 0.0154 e. The highest BCUT2D eigenvalue weighted by atomic mass is 14.3. The molecule has 0 heteroatoms. The fourth-order valence-corrected chi connectivity index (χ4v) is 2.34. The van der Waals surface area contributed by atoms with Crippen molar-refractivity contribution < 1.29 is 0 Å². The lowest BCUT2D eigenvalue weighted by Gasteiger charge is -2.32. The Hall–Kier alpha value is -0.520. The molecule has 0 bridgehead atoms. The van der Waals surface area contributed by atoms with Gasteiger partial charge < -0.3 is 0 Å². The van der Waals surface area contributed by atoms with Gasteiger partial charge in [-0.2, -0.15) is 0 Å². The number of hydrogen-bond donors (Lipinski definition) is 0. The summed E-state index contributed by atoms with van der Waals surface area (Å²) in [6.45, 7) is 13.3. The molecular formula is C15H28. The maximum atomic E-state index is 2.35. The van der Waals surface area contributed by atoms with Gasteiger partial charge in [0, 0.05) is 0 Å². The van der Waals surface area contributed by atoms with Crippen LogP contribution in [-0.2, 0) is 0 Å². The van der Waals surface area contributed by atoms with Crippen LogP contribution < -0.4 is 0 Å². The highest BCUT2D eigenvalue weighted by molar-refractivity contribution is 5.21. The van der Waals surface area contributed by atoms with Gasteiger partial charge in [0.2, 0.25) is 0 Å². The largest absolute Gasteiger partial charge is 0.0842 e. The Labute approximate surface area is 96.5 Å². The Kier molecular flexibility index (Phi) is 6.63. The van der Waals surface area contributed by atoms with Crippen LogP contribution in [-0.4, -0.2) is 0 Å². The zero-order valence-electron chi connectivity index (χ0n) is 11.4. The van der Waals surface area contributed by atoms with Crippen LogP contribution in [0.3, 0.4) is 0 Å². The zero-order chi connectivity index (χ0) is 11.9. The molecule has 0 fully saturated rings. The van der Waals surface area contributed by atoms with Gasteiger partial charge in [-0.1, -0.05) is 65.3 Å². The molecule has 1 unspecified atom stereocenters. The fourth-order valence-electron chi connectivity index (χ4n) is 2.34. The maximum Gasteiger partial charge on any atom is -0.0154 e. The van der Waals surface area contributed by atoms with Crippen LogP contribution in [0.4, 0.5) is 0 Å². The van der Waals surface area contributed by atoms with Gasteiger partial charge in [-0.15, -0.1) is 0 Å². The Morgan fingerprint density at radius 2 is 1.87 bits per heavy atom. The van der Waals surface area contributed by atoms with Gasteiger partial charge in [-0.05, 0) is 30.6 Å². The predicted molar refractivity (Wildman–Crippen MR) is 71.0 cm³/mol. The van der Waals surface area contributed by atoms with Crippen molar-refractivity contribution >= 4 is 0 Å². The van der Waals surface area contributed by atoms with Crippen LogP contribution >= 0.6 is 0 Å². The van der Waals surface area contributed by atoms with E-state index in [2.05, 4.69) is 45.9 Å². The maximum absolute atomic E-state index is 2.35. The molecule has 0 nitrogen and oxygen atoms in total. The minimum absolute atomic E-state index is 0.422. The lowest BCUT2D eigenvalue weighted by Crippen LogP contribution is -2.22. The first-order chi connectivity index (χ1) is 7.05. The lowest BCUT2D eigenvalue weighted by molar-refractivity contribution is 0.266. The molecule has 0 amide bonds. The first kappa shape index (κ1) is 14.5. The number of hydrogen-bond acceptors (Lipinski definition) is 0. The molecule has 0 saturated heterocycles. The van der Waals surface area contributed by atoms with Crippen LogP contribution in [0.2, 0.25) is 0 Å². The third-order valence-corrected chi connectivity index (χ3v) is 2.95. The molecule has 0 spiro atoms. The summed E-state index contributed by atoms with van der Waals surface area (Å²) in [5, 5.41) is 0. The van der Waals surface area contributed by atoms with Gasteiger partial charge in [0.05, 0.1) is 0 Å². The summed E-state index contributed by atoms with van der Waals surface area (Å²) >= 11 is 0. The van der Waals surface area contributed by atoms with Gasteiger partial charge in [-0.25, -0.2) is 0 Å². The van der Waals surface area contributed by atoms with E-state index in [4.69, 9.17) is 0 Å². The predicted octanol–water partition coefficient (Wildman–Crippen LogP) is 5.36. The summed E-state index contributed by atoms with van der Waals surface area (Å²) in [6.07, 6.45) is 10.6. The quantitative estimate of drug-likeness (QED) is 0.573. The average Bonchev–Trinajstić information content (AvgIpc) is 2.21. The summed E-state index contributed by atoms with van der Waals surface area (Å²) in [5.41, 5.74) is 2.07. The molecule has 0 heterocycles. The van der Waals surface area contributed by atoms with E-state index in [0.717, 1.165) is 5.92 Å². The van der Waals surface area contributed by atoms with Crippen molar-refractivity contribution in [1.82, 2.24) is 0 Å². The van der Waals surface area contributed by atoms with E-state index in [1.807, 2.05) is 13.8 Å². The first-order valence-electron chi connectivity index (χ1n) is 6.41. The van der Waals surface area contributed by atoms with Crippen molar-refractivity contribution in [2.75, 3.05) is 0 Å². The Morgan fingerprint density at radius 1 is 1.27 bits per heavy atom. The van der Waals surface area contributed by atoms with Crippen LogP contribution in [0.25, 0.3) is 0 Å². The Balaban J connectivity index is 0.000000921. The minimum atomic E-state index is 0.422. The third kappa shape index (κ3) is 4.68. The molecule has 0 aromatic carbocycles. The van der Waals surface area contributed by atoms with Crippen molar-refractivity contribution in [2.24, 2.45) is 11.3 Å². The van der Waals surface area contributed by atoms with Crippen molar-refractivity contribution in [1.29, 1.82) is 0 Å². The van der Waals surface area contributed by atoms with Gasteiger partial charge in [0.25, 0.3) is 0 Å². The van der Waals surface area contributed by atoms with Gasteiger partial charge in [0.1, 0.15) is 0 Å². The van der Waals surface area contributed by atoms with Crippen molar-refractivity contribution in [2.45, 2.75) is 60.8 Å². The molecule has 0 radical (unpaired) electrons. The van der Waals surface area contributed by atoms with Gasteiger partial charge in [0.15, 0.2) is 0 Å². The molecule has 0 saturated carbocycles. The van der Waals surface area contributed by atoms with Crippen molar-refractivity contribution in [3.8, 4) is 0 Å². The molecular weight excluding hydrogens is 180 g/mol. The summed E-state index contributed by atoms with van der Waals surface area (Å²) in [4.78, 5) is 0. The molecule has 1 atom stereocenters. The van der Waals surface area contributed by atoms with Crippen LogP contribution in [0.5, 0.6) is 0 Å². The van der Waals surface area contributed by atoms with E-state index in [1.165, 1.54) is 19.3 Å². The monoisotopic (exact) mass is 208 g/mol. The van der Waals surface area contributed by atoms with Crippen LogP contribution in [0, 0.1) is 11.3 Å². The molecule has 1 aliphatic rings. The van der Waals surface area contributed by atoms with E-state index < -0.39 is 0 Å². The van der Waals surface area contributed by atoms with E-state index in [-0.39, 0.29) is 0 Å². The Morgan fingerprint density at radius 3 is 2.20 bits per heavy atom. The van der Waals surface area contributed by atoms with E-state index in [1.54, 1.807) is 5.57 Å². The van der Waals surface area contributed by atoms with E-state index in [0.29, 0.717) is 5.41 Å². The molecule has 15 heavy (non-hydrogen) atoms. The van der Waals surface area contributed by atoms with E-state index in [9.17, 15) is 0 Å². The third-order valence-electron chi connectivity index (χ3n) is 2.95. The second-order valence-corrected chi connectivity index (χ2v) is 5.04. The topological polar surface area (TPSA) is 0 Å². The minimum Gasteiger partial charge on any atom is -0.0842 e. The zero-order valence-corrected chi connectivity index (χ0v) is 11.4. The van der Waals surface area contributed by atoms with Crippen molar-refractivity contribution in [3.05, 3.63) is 23.8 Å². The number of allylic oxidation sites excluding steroid dienone is 4. The highest BCUT2D eigenvalue weighted by Gasteiger charge is 2.25. The van der Waals surface area contributed by atoms with Crippen LogP contribution in [0.1, 0.15) is 60.8 Å². The summed E-state index contributed by atoms with van der Waals surface area (Å²) < 4.78 is 0. The average molecular weight is 208 g/mol. The van der Waals surface area contributed by atoms with Crippen molar-refractivity contribution in [3.63, 3.8) is 0 Å². The van der Waals surface area contributed by atoms with E-state index >= 15 is 0 Å². The standard InChI is InChI=1S/C13H22.C2H6/c1-5-12(13(2,3)4)11-9-7-6-8-10-11;1-2/h6-7,9,12H,5,8,10H2,1-4H3;1-2H3. The molecule has 0 aliphatic heterocycles. The molecule has 0 aromatic heterocycles. The Bertz CT molecular complexity index is 213. The van der Waals surface area contributed by atoms with Gasteiger partial charge in [-0.3, -0.25) is 0 Å². The molecule has 0 N–H and O–H groups in total. The molecule has 1 aliphatic carbocycles. The normalized spacial score (nSPS) is 17.6. The molecule has 88 valence electrons.